The molecule has 1 aliphatic heterocycles. The fourth-order valence-corrected chi connectivity index (χ4v) is 2.05. The van der Waals surface area contributed by atoms with E-state index in [4.69, 9.17) is 4.74 Å². The summed E-state index contributed by atoms with van der Waals surface area (Å²) in [5, 5.41) is 2.52. The molecule has 20 heavy (non-hydrogen) atoms. The van der Waals surface area contributed by atoms with E-state index in [-0.39, 0.29) is 24.5 Å². The average Bonchev–Trinajstić information content (AvgIpc) is 2.46. The Hall–Kier alpha value is -2.18. The van der Waals surface area contributed by atoms with Crippen LogP contribution in [0.1, 0.15) is 19.8 Å². The van der Waals surface area contributed by atoms with Gasteiger partial charge in [-0.15, -0.1) is 0 Å². The fraction of sp³-hybridized carbons (Fsp3) is 0.538. The lowest BCUT2D eigenvalue weighted by Gasteiger charge is -2.31. The summed E-state index contributed by atoms with van der Waals surface area (Å²) in [4.78, 5) is 32.2. The highest BCUT2D eigenvalue weighted by Crippen LogP contribution is 2.16. The summed E-state index contributed by atoms with van der Waals surface area (Å²) in [5.41, 5.74) is 0. The van der Waals surface area contributed by atoms with E-state index in [1.165, 1.54) is 13.3 Å². The summed E-state index contributed by atoms with van der Waals surface area (Å²) in [6.45, 7) is 2.73. The van der Waals surface area contributed by atoms with Gasteiger partial charge in [0.2, 0.25) is 17.7 Å². The number of likely N-dealkylation sites (tertiary alicyclic amines) is 1. The van der Waals surface area contributed by atoms with Crippen molar-refractivity contribution in [3.8, 4) is 5.88 Å². The highest BCUT2D eigenvalue weighted by atomic mass is 16.5. The third kappa shape index (κ3) is 4.18. The summed E-state index contributed by atoms with van der Waals surface area (Å²) < 4.78 is 5.72. The van der Waals surface area contributed by atoms with Crippen molar-refractivity contribution in [1.29, 1.82) is 0 Å². The molecule has 0 saturated carbocycles. The molecule has 0 radical (unpaired) electrons. The van der Waals surface area contributed by atoms with Gasteiger partial charge < -0.3 is 15.0 Å². The first-order chi connectivity index (χ1) is 9.65. The molecule has 2 amide bonds. The lowest BCUT2D eigenvalue weighted by Crippen LogP contribution is -2.45. The molecule has 1 aromatic heterocycles. The van der Waals surface area contributed by atoms with Gasteiger partial charge in [-0.25, -0.2) is 9.97 Å². The van der Waals surface area contributed by atoms with Gasteiger partial charge in [-0.2, -0.15) is 0 Å². The molecule has 0 spiro atoms. The maximum Gasteiger partial charge on any atom is 0.241 e. The Labute approximate surface area is 117 Å². The Kier molecular flexibility index (Phi) is 4.86. The van der Waals surface area contributed by atoms with Crippen LogP contribution in [0.2, 0.25) is 0 Å². The van der Waals surface area contributed by atoms with Gasteiger partial charge in [0.1, 0.15) is 12.4 Å². The molecular weight excluding hydrogens is 260 g/mol. The number of carbonyl (C=O) groups excluding carboxylic acids is 2. The van der Waals surface area contributed by atoms with Crippen molar-refractivity contribution in [2.24, 2.45) is 0 Å². The number of aromatic nitrogens is 2. The molecule has 2 heterocycles. The molecule has 0 aromatic carbocycles. The number of piperidine rings is 1. The van der Waals surface area contributed by atoms with E-state index in [1.54, 1.807) is 17.2 Å². The summed E-state index contributed by atoms with van der Waals surface area (Å²) in [6, 6.07) is 1.72. The smallest absolute Gasteiger partial charge is 0.241 e. The topological polar surface area (TPSA) is 84.4 Å². The van der Waals surface area contributed by atoms with Crippen molar-refractivity contribution in [2.75, 3.05) is 19.6 Å². The maximum atomic E-state index is 11.8. The van der Waals surface area contributed by atoms with Gasteiger partial charge in [0.15, 0.2) is 0 Å². The first kappa shape index (κ1) is 14.2. The summed E-state index contributed by atoms with van der Waals surface area (Å²) >= 11 is 0. The molecule has 0 atom stereocenters. The lowest BCUT2D eigenvalue weighted by atomic mass is 10.1. The van der Waals surface area contributed by atoms with Crippen molar-refractivity contribution in [3.63, 3.8) is 0 Å². The number of carbonyl (C=O) groups is 2. The highest BCUT2D eigenvalue weighted by Gasteiger charge is 2.24. The van der Waals surface area contributed by atoms with Gasteiger partial charge >= 0.3 is 0 Å². The number of nitrogens with zero attached hydrogens (tertiary/aromatic N) is 3. The fourth-order valence-electron chi connectivity index (χ4n) is 2.05. The standard InChI is InChI=1S/C13H18N4O3/c1-10(18)15-8-13(19)17-6-3-11(4-7-17)20-12-2-5-14-9-16-12/h2,5,9,11H,3-4,6-8H2,1H3,(H,15,18). The molecule has 1 aromatic rings. The van der Waals surface area contributed by atoms with Gasteiger partial charge in [-0.1, -0.05) is 0 Å². The van der Waals surface area contributed by atoms with Crippen LogP contribution in [0.5, 0.6) is 5.88 Å². The minimum Gasteiger partial charge on any atom is -0.474 e. The number of nitrogens with one attached hydrogen (secondary N) is 1. The van der Waals surface area contributed by atoms with Crippen LogP contribution in [-0.4, -0.2) is 52.4 Å². The molecule has 1 N–H and O–H groups in total. The third-order valence-electron chi connectivity index (χ3n) is 3.13. The van der Waals surface area contributed by atoms with Crippen LogP contribution in [-0.2, 0) is 9.59 Å². The van der Waals surface area contributed by atoms with Crippen LogP contribution in [0.3, 0.4) is 0 Å². The third-order valence-corrected chi connectivity index (χ3v) is 3.13. The number of amides is 2. The second kappa shape index (κ2) is 6.83. The van der Waals surface area contributed by atoms with E-state index in [9.17, 15) is 9.59 Å². The Morgan fingerprint density at radius 3 is 2.80 bits per heavy atom. The normalized spacial score (nSPS) is 15.8. The minimum atomic E-state index is -0.194. The predicted molar refractivity (Wildman–Crippen MR) is 70.9 cm³/mol. The molecule has 2 rings (SSSR count). The zero-order valence-electron chi connectivity index (χ0n) is 11.4. The number of hydrogen-bond acceptors (Lipinski definition) is 5. The van der Waals surface area contributed by atoms with Gasteiger partial charge in [-0.05, 0) is 0 Å². The summed E-state index contributed by atoms with van der Waals surface area (Å²) in [5.74, 6) is 0.309. The van der Waals surface area contributed by atoms with E-state index in [1.807, 2.05) is 0 Å². The van der Waals surface area contributed by atoms with Crippen LogP contribution in [0.25, 0.3) is 0 Å². The van der Waals surface area contributed by atoms with Crippen LogP contribution in [0.15, 0.2) is 18.6 Å². The van der Waals surface area contributed by atoms with Gasteiger partial charge in [0.05, 0.1) is 6.54 Å². The van der Waals surface area contributed by atoms with Gasteiger partial charge in [0, 0.05) is 45.1 Å². The van der Waals surface area contributed by atoms with E-state index < -0.39 is 0 Å². The van der Waals surface area contributed by atoms with Crippen molar-refractivity contribution in [3.05, 3.63) is 18.6 Å². The number of hydrogen-bond donors (Lipinski definition) is 1. The molecule has 0 aliphatic carbocycles. The SMILES string of the molecule is CC(=O)NCC(=O)N1CCC(Oc2ccncn2)CC1. The molecular formula is C13H18N4O3. The van der Waals surface area contributed by atoms with Crippen molar-refractivity contribution < 1.29 is 14.3 Å². The second-order valence-corrected chi connectivity index (χ2v) is 4.66. The summed E-state index contributed by atoms with van der Waals surface area (Å²) in [6.07, 6.45) is 4.66. The van der Waals surface area contributed by atoms with E-state index >= 15 is 0 Å². The Morgan fingerprint density at radius 2 is 2.20 bits per heavy atom. The molecule has 7 heteroatoms. The van der Waals surface area contributed by atoms with Crippen molar-refractivity contribution in [1.82, 2.24) is 20.2 Å². The number of ether oxygens (including phenoxy) is 1. The van der Waals surface area contributed by atoms with Crippen molar-refractivity contribution in [2.45, 2.75) is 25.9 Å². The zero-order valence-corrected chi connectivity index (χ0v) is 11.4. The van der Waals surface area contributed by atoms with Crippen LogP contribution >= 0.6 is 0 Å². The molecule has 1 saturated heterocycles. The Bertz CT molecular complexity index is 458. The van der Waals surface area contributed by atoms with Crippen LogP contribution in [0, 0.1) is 0 Å². The van der Waals surface area contributed by atoms with E-state index in [0.29, 0.717) is 19.0 Å². The predicted octanol–water partition coefficient (Wildman–Crippen LogP) is -0.0175. The monoisotopic (exact) mass is 278 g/mol. The largest absolute Gasteiger partial charge is 0.474 e. The number of rotatable bonds is 4. The lowest BCUT2D eigenvalue weighted by molar-refractivity contribution is -0.134. The first-order valence-corrected chi connectivity index (χ1v) is 6.60. The van der Waals surface area contributed by atoms with Gasteiger partial charge in [-0.3, -0.25) is 9.59 Å². The maximum absolute atomic E-state index is 11.8. The first-order valence-electron chi connectivity index (χ1n) is 6.60. The molecule has 1 fully saturated rings. The molecule has 0 unspecified atom stereocenters. The van der Waals surface area contributed by atoms with E-state index in [2.05, 4.69) is 15.3 Å². The highest BCUT2D eigenvalue weighted by molar-refractivity contribution is 5.83. The van der Waals surface area contributed by atoms with Crippen LogP contribution in [0.4, 0.5) is 0 Å². The van der Waals surface area contributed by atoms with Crippen LogP contribution < -0.4 is 10.1 Å². The van der Waals surface area contributed by atoms with Crippen molar-refractivity contribution >= 4 is 11.8 Å². The summed E-state index contributed by atoms with van der Waals surface area (Å²) in [7, 11) is 0. The van der Waals surface area contributed by atoms with Gasteiger partial charge in [0.25, 0.3) is 0 Å². The molecule has 108 valence electrons. The zero-order chi connectivity index (χ0) is 14.4. The Morgan fingerprint density at radius 1 is 1.45 bits per heavy atom. The second-order valence-electron chi connectivity index (χ2n) is 4.66. The minimum absolute atomic E-state index is 0.0549. The molecule has 7 nitrogen and oxygen atoms in total. The molecule has 1 aliphatic rings. The van der Waals surface area contributed by atoms with E-state index in [0.717, 1.165) is 12.8 Å². The quantitative estimate of drug-likeness (QED) is 0.837. The average molecular weight is 278 g/mol. The Balaban J connectivity index is 1.75. The molecule has 0 bridgehead atoms.